The lowest BCUT2D eigenvalue weighted by Crippen LogP contribution is -2.47. The van der Waals surface area contributed by atoms with Crippen molar-refractivity contribution in [1.29, 1.82) is 0 Å². The monoisotopic (exact) mass is 360 g/mol. The fraction of sp³-hybridized carbons (Fsp3) is 0.600. The van der Waals surface area contributed by atoms with E-state index in [2.05, 4.69) is 5.32 Å². The Labute approximate surface area is 154 Å². The first-order valence-corrected chi connectivity index (χ1v) is 9.42. The number of benzene rings is 1. The molecule has 6 nitrogen and oxygen atoms in total. The van der Waals surface area contributed by atoms with Gasteiger partial charge in [-0.3, -0.25) is 14.5 Å². The lowest BCUT2D eigenvalue weighted by molar-refractivity contribution is -0.143. The molecule has 4 unspecified atom stereocenters. The fourth-order valence-electron chi connectivity index (χ4n) is 4.58. The molecule has 1 aliphatic carbocycles. The molecule has 2 aliphatic rings. The summed E-state index contributed by atoms with van der Waals surface area (Å²) in [5, 5.41) is 12.6. The van der Waals surface area contributed by atoms with E-state index in [1.54, 1.807) is 7.11 Å². The number of aliphatic carboxylic acids is 1. The van der Waals surface area contributed by atoms with E-state index >= 15 is 0 Å². The molecule has 1 saturated heterocycles. The van der Waals surface area contributed by atoms with Crippen molar-refractivity contribution in [2.24, 2.45) is 5.92 Å². The van der Waals surface area contributed by atoms with E-state index in [0.29, 0.717) is 12.3 Å². The van der Waals surface area contributed by atoms with E-state index in [9.17, 15) is 14.7 Å². The zero-order valence-electron chi connectivity index (χ0n) is 15.5. The largest absolute Gasteiger partial charge is 0.496 e. The molecule has 1 saturated carbocycles. The third-order valence-electron chi connectivity index (χ3n) is 5.82. The average Bonchev–Trinajstić information content (AvgIpc) is 3.00. The van der Waals surface area contributed by atoms with Gasteiger partial charge in [-0.25, -0.2) is 0 Å². The molecule has 4 atom stereocenters. The Morgan fingerprint density at radius 1 is 1.31 bits per heavy atom. The van der Waals surface area contributed by atoms with Crippen molar-refractivity contribution < 1.29 is 19.4 Å². The molecule has 0 radical (unpaired) electrons. The molecule has 2 N–H and O–H groups in total. The van der Waals surface area contributed by atoms with Gasteiger partial charge < -0.3 is 15.2 Å². The molecule has 0 aromatic heterocycles. The van der Waals surface area contributed by atoms with Gasteiger partial charge >= 0.3 is 5.97 Å². The molecule has 2 fully saturated rings. The van der Waals surface area contributed by atoms with Gasteiger partial charge in [0.05, 0.1) is 19.7 Å². The van der Waals surface area contributed by atoms with Crippen LogP contribution in [0.1, 0.15) is 50.6 Å². The van der Waals surface area contributed by atoms with Crippen LogP contribution in [0.15, 0.2) is 24.3 Å². The normalized spacial score (nSPS) is 26.8. The summed E-state index contributed by atoms with van der Waals surface area (Å²) in [7, 11) is 1.61. The molecule has 26 heavy (non-hydrogen) atoms. The maximum Gasteiger partial charge on any atom is 0.320 e. The predicted molar refractivity (Wildman–Crippen MR) is 98.0 cm³/mol. The van der Waals surface area contributed by atoms with Crippen LogP contribution in [0.2, 0.25) is 0 Å². The van der Waals surface area contributed by atoms with E-state index in [0.717, 1.165) is 30.6 Å². The summed E-state index contributed by atoms with van der Waals surface area (Å²) in [6.45, 7) is 2.05. The number of hydrogen-bond donors (Lipinski definition) is 2. The Balaban J connectivity index is 1.67. The first kappa shape index (κ1) is 18.7. The van der Waals surface area contributed by atoms with E-state index in [1.165, 1.54) is 6.42 Å². The highest BCUT2D eigenvalue weighted by atomic mass is 16.5. The number of para-hydroxylation sites is 1. The van der Waals surface area contributed by atoms with Gasteiger partial charge in [-0.1, -0.05) is 31.0 Å². The summed E-state index contributed by atoms with van der Waals surface area (Å²) in [6.07, 6.45) is 5.00. The molecule has 142 valence electrons. The smallest absolute Gasteiger partial charge is 0.320 e. The number of nitrogens with one attached hydrogen (secondary N) is 1. The number of rotatable bonds is 6. The molecule has 1 aliphatic heterocycles. The standard InChI is InChI=1S/C20H28N2O4/c1-13(15-8-4-6-10-18(15)26-2)21-19(23)12-22-16-9-5-3-7-14(16)11-17(22)20(24)25/h4,6,8,10,13-14,16-17H,3,5,7,9,11-12H2,1-2H3,(H,21,23)(H,24,25). The van der Waals surface area contributed by atoms with Crippen LogP contribution >= 0.6 is 0 Å². The summed E-state index contributed by atoms with van der Waals surface area (Å²) in [6, 6.07) is 7.07. The predicted octanol–water partition coefficient (Wildman–Crippen LogP) is 2.59. The summed E-state index contributed by atoms with van der Waals surface area (Å²) in [4.78, 5) is 26.2. The van der Waals surface area contributed by atoms with Crippen LogP contribution in [-0.2, 0) is 9.59 Å². The van der Waals surface area contributed by atoms with Crippen LogP contribution < -0.4 is 10.1 Å². The van der Waals surface area contributed by atoms with Crippen LogP contribution in [0.3, 0.4) is 0 Å². The maximum absolute atomic E-state index is 12.6. The van der Waals surface area contributed by atoms with Crippen molar-refractivity contribution in [1.82, 2.24) is 10.2 Å². The number of methoxy groups -OCH3 is 1. The van der Waals surface area contributed by atoms with Crippen molar-refractivity contribution in [2.75, 3.05) is 13.7 Å². The number of amides is 1. The third-order valence-corrected chi connectivity index (χ3v) is 5.82. The van der Waals surface area contributed by atoms with Crippen LogP contribution in [0.5, 0.6) is 5.75 Å². The topological polar surface area (TPSA) is 78.9 Å². The van der Waals surface area contributed by atoms with Crippen molar-refractivity contribution in [3.05, 3.63) is 29.8 Å². The van der Waals surface area contributed by atoms with E-state index in [-0.39, 0.29) is 24.5 Å². The Bertz CT molecular complexity index is 663. The lowest BCUT2D eigenvalue weighted by Gasteiger charge is -2.32. The summed E-state index contributed by atoms with van der Waals surface area (Å²) >= 11 is 0. The molecule has 1 aromatic rings. The Morgan fingerprint density at radius 2 is 2.04 bits per heavy atom. The number of likely N-dealkylation sites (tertiary alicyclic amines) is 1. The number of carbonyl (C=O) groups excluding carboxylic acids is 1. The van der Waals surface area contributed by atoms with Crippen LogP contribution in [0.4, 0.5) is 0 Å². The number of carboxylic acids is 1. The number of carboxylic acid groups (broad SMARTS) is 1. The van der Waals surface area contributed by atoms with Crippen molar-refractivity contribution in [3.63, 3.8) is 0 Å². The molecule has 1 heterocycles. The SMILES string of the molecule is COc1ccccc1C(C)NC(=O)CN1C(C(=O)O)CC2CCCCC21. The number of nitrogens with zero attached hydrogens (tertiary/aromatic N) is 1. The lowest BCUT2D eigenvalue weighted by atomic mass is 9.85. The fourth-order valence-corrected chi connectivity index (χ4v) is 4.58. The van der Waals surface area contributed by atoms with Gasteiger partial charge in [-0.2, -0.15) is 0 Å². The first-order chi connectivity index (χ1) is 12.5. The highest BCUT2D eigenvalue weighted by molar-refractivity contribution is 5.80. The van der Waals surface area contributed by atoms with Crippen molar-refractivity contribution in [3.8, 4) is 5.75 Å². The van der Waals surface area contributed by atoms with Gasteiger partial charge in [0.2, 0.25) is 5.91 Å². The minimum atomic E-state index is -0.815. The maximum atomic E-state index is 12.6. The molecule has 6 heteroatoms. The molecule has 0 spiro atoms. The van der Waals surface area contributed by atoms with E-state index in [4.69, 9.17) is 4.74 Å². The van der Waals surface area contributed by atoms with E-state index < -0.39 is 12.0 Å². The zero-order valence-corrected chi connectivity index (χ0v) is 15.5. The van der Waals surface area contributed by atoms with Crippen molar-refractivity contribution in [2.45, 2.75) is 57.2 Å². The molecular formula is C20H28N2O4. The molecule has 0 bridgehead atoms. The summed E-state index contributed by atoms with van der Waals surface area (Å²) in [5.74, 6) is 0.187. The number of ether oxygens (including phenoxy) is 1. The molecule has 1 amide bonds. The zero-order chi connectivity index (χ0) is 18.7. The van der Waals surface area contributed by atoms with Crippen LogP contribution in [0.25, 0.3) is 0 Å². The number of fused-ring (bicyclic) bond motifs is 1. The second kappa shape index (κ2) is 8.08. The molecule has 3 rings (SSSR count). The second-order valence-electron chi connectivity index (χ2n) is 7.41. The van der Waals surface area contributed by atoms with Crippen LogP contribution in [-0.4, -0.2) is 47.6 Å². The van der Waals surface area contributed by atoms with Gasteiger partial charge in [0.15, 0.2) is 0 Å². The van der Waals surface area contributed by atoms with Gasteiger partial charge in [0, 0.05) is 11.6 Å². The minimum absolute atomic E-state index is 0.137. The Kier molecular flexibility index (Phi) is 5.81. The summed E-state index contributed by atoms with van der Waals surface area (Å²) < 4.78 is 5.36. The van der Waals surface area contributed by atoms with Gasteiger partial charge in [-0.15, -0.1) is 0 Å². The van der Waals surface area contributed by atoms with Crippen LogP contribution in [0, 0.1) is 5.92 Å². The quantitative estimate of drug-likeness (QED) is 0.815. The van der Waals surface area contributed by atoms with Gasteiger partial charge in [0.1, 0.15) is 11.8 Å². The van der Waals surface area contributed by atoms with Gasteiger partial charge in [-0.05, 0) is 38.2 Å². The Morgan fingerprint density at radius 3 is 2.77 bits per heavy atom. The first-order valence-electron chi connectivity index (χ1n) is 9.42. The highest BCUT2D eigenvalue weighted by Crippen LogP contribution is 2.39. The minimum Gasteiger partial charge on any atom is -0.496 e. The van der Waals surface area contributed by atoms with E-state index in [1.807, 2.05) is 36.1 Å². The molecular weight excluding hydrogens is 332 g/mol. The highest BCUT2D eigenvalue weighted by Gasteiger charge is 2.45. The molecule has 1 aromatic carbocycles. The van der Waals surface area contributed by atoms with Crippen molar-refractivity contribution >= 4 is 11.9 Å². The third kappa shape index (κ3) is 3.85. The number of hydrogen-bond acceptors (Lipinski definition) is 4. The summed E-state index contributed by atoms with van der Waals surface area (Å²) in [5.41, 5.74) is 0.912. The second-order valence-corrected chi connectivity index (χ2v) is 7.41. The Hall–Kier alpha value is -2.08. The number of carbonyl (C=O) groups is 2. The average molecular weight is 360 g/mol. The van der Waals surface area contributed by atoms with Gasteiger partial charge in [0.25, 0.3) is 0 Å².